The van der Waals surface area contributed by atoms with Crippen molar-refractivity contribution in [1.82, 2.24) is 5.32 Å². The summed E-state index contributed by atoms with van der Waals surface area (Å²) in [6.07, 6.45) is 2.02. The number of amides is 1. The average Bonchev–Trinajstić information content (AvgIpc) is 2.40. The van der Waals surface area contributed by atoms with Gasteiger partial charge >= 0.3 is 0 Å². The van der Waals surface area contributed by atoms with Gasteiger partial charge in [-0.05, 0) is 52.9 Å². The van der Waals surface area contributed by atoms with E-state index in [1.54, 1.807) is 18.2 Å². The van der Waals surface area contributed by atoms with E-state index in [4.69, 9.17) is 10.5 Å². The Hall–Kier alpha value is -1.07. The molecule has 0 spiro atoms. The maximum Gasteiger partial charge on any atom is 0.252 e. The SMILES string of the molecule is Nc1ccc(Br)c(C(=O)NCC2CCOCC2)c1. The molecule has 18 heavy (non-hydrogen) atoms. The summed E-state index contributed by atoms with van der Waals surface area (Å²) in [5.41, 5.74) is 6.86. The van der Waals surface area contributed by atoms with E-state index in [1.165, 1.54) is 0 Å². The van der Waals surface area contributed by atoms with Crippen LogP contribution in [0.2, 0.25) is 0 Å². The first kappa shape index (κ1) is 13.4. The predicted molar refractivity (Wildman–Crippen MR) is 74.4 cm³/mol. The monoisotopic (exact) mass is 312 g/mol. The zero-order valence-corrected chi connectivity index (χ0v) is 11.7. The molecule has 0 aromatic heterocycles. The average molecular weight is 313 g/mol. The second kappa shape index (κ2) is 6.20. The van der Waals surface area contributed by atoms with Gasteiger partial charge in [-0.25, -0.2) is 0 Å². The molecular formula is C13H17BrN2O2. The minimum absolute atomic E-state index is 0.0827. The zero-order chi connectivity index (χ0) is 13.0. The summed E-state index contributed by atoms with van der Waals surface area (Å²) in [5.74, 6) is 0.434. The molecule has 98 valence electrons. The fraction of sp³-hybridized carbons (Fsp3) is 0.462. The number of rotatable bonds is 3. The van der Waals surface area contributed by atoms with Crippen LogP contribution in [0.4, 0.5) is 5.69 Å². The number of nitrogens with one attached hydrogen (secondary N) is 1. The van der Waals surface area contributed by atoms with Crippen molar-refractivity contribution in [3.8, 4) is 0 Å². The Morgan fingerprint density at radius 3 is 2.89 bits per heavy atom. The predicted octanol–water partition coefficient (Wildman–Crippen LogP) is 2.19. The van der Waals surface area contributed by atoms with Crippen molar-refractivity contribution in [2.45, 2.75) is 12.8 Å². The van der Waals surface area contributed by atoms with Gasteiger partial charge in [-0.3, -0.25) is 4.79 Å². The zero-order valence-electron chi connectivity index (χ0n) is 10.1. The second-order valence-electron chi connectivity index (χ2n) is 4.51. The molecule has 1 aliphatic rings. The molecule has 3 N–H and O–H groups in total. The van der Waals surface area contributed by atoms with E-state index in [0.29, 0.717) is 23.7 Å². The maximum absolute atomic E-state index is 12.0. The summed E-state index contributed by atoms with van der Waals surface area (Å²) in [5, 5.41) is 2.96. The normalized spacial score (nSPS) is 16.5. The Morgan fingerprint density at radius 1 is 1.44 bits per heavy atom. The van der Waals surface area contributed by atoms with Crippen molar-refractivity contribution in [2.24, 2.45) is 5.92 Å². The number of carbonyl (C=O) groups excluding carboxylic acids is 1. The lowest BCUT2D eigenvalue weighted by atomic mass is 10.0. The summed E-state index contributed by atoms with van der Waals surface area (Å²) in [4.78, 5) is 12.0. The lowest BCUT2D eigenvalue weighted by Gasteiger charge is -2.22. The molecule has 1 heterocycles. The van der Waals surface area contributed by atoms with Crippen LogP contribution in [0, 0.1) is 5.92 Å². The van der Waals surface area contributed by atoms with Gasteiger partial charge < -0.3 is 15.8 Å². The third kappa shape index (κ3) is 3.46. The Balaban J connectivity index is 1.92. The minimum Gasteiger partial charge on any atom is -0.399 e. The van der Waals surface area contributed by atoms with E-state index in [9.17, 15) is 4.79 Å². The summed E-state index contributed by atoms with van der Waals surface area (Å²) in [7, 11) is 0. The molecule has 2 rings (SSSR count). The van der Waals surface area contributed by atoms with Gasteiger partial charge in [0.25, 0.3) is 5.91 Å². The van der Waals surface area contributed by atoms with Crippen LogP contribution in [0.3, 0.4) is 0 Å². The van der Waals surface area contributed by atoms with Gasteiger partial charge in [-0.2, -0.15) is 0 Å². The Labute approximate surface area is 115 Å². The molecular weight excluding hydrogens is 296 g/mol. The number of hydrogen-bond acceptors (Lipinski definition) is 3. The summed E-state index contributed by atoms with van der Waals surface area (Å²) in [6.45, 7) is 2.29. The third-order valence-electron chi connectivity index (χ3n) is 3.13. The molecule has 0 radical (unpaired) electrons. The van der Waals surface area contributed by atoms with Gasteiger partial charge in [0.2, 0.25) is 0 Å². The van der Waals surface area contributed by atoms with Crippen molar-refractivity contribution in [3.63, 3.8) is 0 Å². The van der Waals surface area contributed by atoms with E-state index in [0.717, 1.165) is 30.5 Å². The van der Waals surface area contributed by atoms with Crippen molar-refractivity contribution in [3.05, 3.63) is 28.2 Å². The van der Waals surface area contributed by atoms with Crippen LogP contribution < -0.4 is 11.1 Å². The molecule has 1 aliphatic heterocycles. The Bertz CT molecular complexity index is 431. The van der Waals surface area contributed by atoms with E-state index < -0.39 is 0 Å². The molecule has 1 aromatic rings. The molecule has 0 saturated carbocycles. The molecule has 5 heteroatoms. The smallest absolute Gasteiger partial charge is 0.252 e. The highest BCUT2D eigenvalue weighted by Crippen LogP contribution is 2.20. The Morgan fingerprint density at radius 2 is 2.17 bits per heavy atom. The molecule has 1 amide bonds. The molecule has 0 unspecified atom stereocenters. The highest BCUT2D eigenvalue weighted by atomic mass is 79.9. The standard InChI is InChI=1S/C13H17BrN2O2/c14-12-2-1-10(15)7-11(12)13(17)16-8-9-3-5-18-6-4-9/h1-2,7,9H,3-6,8,15H2,(H,16,17). The lowest BCUT2D eigenvalue weighted by molar-refractivity contribution is 0.0642. The fourth-order valence-corrected chi connectivity index (χ4v) is 2.43. The lowest BCUT2D eigenvalue weighted by Crippen LogP contribution is -2.32. The van der Waals surface area contributed by atoms with Crippen LogP contribution in [-0.2, 0) is 4.74 Å². The van der Waals surface area contributed by atoms with Crippen LogP contribution in [0.1, 0.15) is 23.2 Å². The molecule has 0 aliphatic carbocycles. The number of nitrogens with two attached hydrogens (primary N) is 1. The Kier molecular flexibility index (Phi) is 4.60. The van der Waals surface area contributed by atoms with Gasteiger partial charge in [0.1, 0.15) is 0 Å². The van der Waals surface area contributed by atoms with Crippen molar-refractivity contribution in [2.75, 3.05) is 25.5 Å². The van der Waals surface area contributed by atoms with E-state index in [2.05, 4.69) is 21.2 Å². The molecule has 0 atom stereocenters. The highest BCUT2D eigenvalue weighted by Gasteiger charge is 2.16. The van der Waals surface area contributed by atoms with E-state index >= 15 is 0 Å². The molecule has 1 saturated heterocycles. The topological polar surface area (TPSA) is 64.4 Å². The first-order chi connectivity index (χ1) is 8.66. The molecule has 4 nitrogen and oxygen atoms in total. The number of nitrogen functional groups attached to an aromatic ring is 1. The number of ether oxygens (including phenoxy) is 1. The second-order valence-corrected chi connectivity index (χ2v) is 5.36. The summed E-state index contributed by atoms with van der Waals surface area (Å²) < 4.78 is 6.05. The van der Waals surface area contributed by atoms with Crippen molar-refractivity contribution < 1.29 is 9.53 Å². The highest BCUT2D eigenvalue weighted by molar-refractivity contribution is 9.10. The molecule has 1 aromatic carbocycles. The van der Waals surface area contributed by atoms with E-state index in [-0.39, 0.29) is 5.91 Å². The van der Waals surface area contributed by atoms with E-state index in [1.807, 2.05) is 0 Å². The first-order valence-corrected chi connectivity index (χ1v) is 6.87. The maximum atomic E-state index is 12.0. The minimum atomic E-state index is -0.0827. The fourth-order valence-electron chi connectivity index (χ4n) is 2.00. The largest absolute Gasteiger partial charge is 0.399 e. The van der Waals surface area contributed by atoms with Crippen molar-refractivity contribution >= 4 is 27.5 Å². The van der Waals surface area contributed by atoms with Gasteiger partial charge in [-0.1, -0.05) is 0 Å². The van der Waals surface area contributed by atoms with Crippen LogP contribution >= 0.6 is 15.9 Å². The van der Waals surface area contributed by atoms with Crippen LogP contribution in [0.25, 0.3) is 0 Å². The van der Waals surface area contributed by atoms with Gasteiger partial charge in [-0.15, -0.1) is 0 Å². The number of benzene rings is 1. The van der Waals surface area contributed by atoms with Crippen LogP contribution in [-0.4, -0.2) is 25.7 Å². The van der Waals surface area contributed by atoms with Gasteiger partial charge in [0, 0.05) is 29.9 Å². The quantitative estimate of drug-likeness (QED) is 0.841. The third-order valence-corrected chi connectivity index (χ3v) is 3.82. The van der Waals surface area contributed by atoms with Crippen molar-refractivity contribution in [1.29, 1.82) is 0 Å². The van der Waals surface area contributed by atoms with Gasteiger partial charge in [0.15, 0.2) is 0 Å². The number of halogens is 1. The number of hydrogen-bond donors (Lipinski definition) is 2. The summed E-state index contributed by atoms with van der Waals surface area (Å²) >= 11 is 3.36. The van der Waals surface area contributed by atoms with Crippen LogP contribution in [0.15, 0.2) is 22.7 Å². The summed E-state index contributed by atoms with van der Waals surface area (Å²) in [6, 6.07) is 5.24. The van der Waals surface area contributed by atoms with Crippen LogP contribution in [0.5, 0.6) is 0 Å². The first-order valence-electron chi connectivity index (χ1n) is 6.08. The van der Waals surface area contributed by atoms with Gasteiger partial charge in [0.05, 0.1) is 5.56 Å². The number of anilines is 1. The molecule has 1 fully saturated rings. The molecule has 0 bridgehead atoms. The number of carbonyl (C=O) groups is 1.